The van der Waals surface area contributed by atoms with Gasteiger partial charge in [0.25, 0.3) is 0 Å². The second-order valence-electron chi connectivity index (χ2n) is 3.78. The van der Waals surface area contributed by atoms with Crippen molar-refractivity contribution in [1.82, 2.24) is 16.0 Å². The third-order valence-corrected chi connectivity index (χ3v) is 2.91. The van der Waals surface area contributed by atoms with Crippen molar-refractivity contribution in [3.63, 3.8) is 0 Å². The zero-order valence-corrected chi connectivity index (χ0v) is 6.95. The van der Waals surface area contributed by atoms with E-state index in [2.05, 4.69) is 16.0 Å². The molecule has 0 radical (unpaired) electrons. The molecule has 2 rings (SSSR count). The Bertz CT molecular complexity index is 104. The van der Waals surface area contributed by atoms with Gasteiger partial charge in [0.2, 0.25) is 0 Å². The Morgan fingerprint density at radius 2 is 1.45 bits per heavy atom. The van der Waals surface area contributed by atoms with Crippen molar-refractivity contribution in [2.24, 2.45) is 5.41 Å². The van der Waals surface area contributed by atoms with Gasteiger partial charge in [0.15, 0.2) is 0 Å². The predicted molar refractivity (Wildman–Crippen MR) is 45.4 cm³/mol. The summed E-state index contributed by atoms with van der Waals surface area (Å²) < 4.78 is 0. The van der Waals surface area contributed by atoms with Crippen molar-refractivity contribution in [3.05, 3.63) is 0 Å². The highest BCUT2D eigenvalue weighted by Crippen LogP contribution is 2.27. The lowest BCUT2D eigenvalue weighted by Gasteiger charge is -2.41. The molecule has 1 spiro atoms. The van der Waals surface area contributed by atoms with E-state index in [1.54, 1.807) is 0 Å². The van der Waals surface area contributed by atoms with Gasteiger partial charge >= 0.3 is 0 Å². The topological polar surface area (TPSA) is 36.1 Å². The molecule has 0 atom stereocenters. The molecule has 0 bridgehead atoms. The van der Waals surface area contributed by atoms with Crippen molar-refractivity contribution in [3.8, 4) is 0 Å². The van der Waals surface area contributed by atoms with Gasteiger partial charge in [0, 0.05) is 19.8 Å². The van der Waals surface area contributed by atoms with E-state index >= 15 is 0 Å². The summed E-state index contributed by atoms with van der Waals surface area (Å²) in [5, 5.41) is 10.2. The highest BCUT2D eigenvalue weighted by molar-refractivity contribution is 4.90. The quantitative estimate of drug-likeness (QED) is 0.441. The summed E-state index contributed by atoms with van der Waals surface area (Å²) in [6.07, 6.45) is 2.65. The van der Waals surface area contributed by atoms with E-state index in [-0.39, 0.29) is 0 Å². The largest absolute Gasteiger partial charge is 0.317 e. The molecule has 2 aliphatic heterocycles. The smallest absolute Gasteiger partial charge is 0.0454 e. The third-order valence-electron chi connectivity index (χ3n) is 2.91. The first kappa shape index (κ1) is 7.53. The Kier molecular flexibility index (Phi) is 2.11. The van der Waals surface area contributed by atoms with Gasteiger partial charge in [-0.05, 0) is 31.3 Å². The van der Waals surface area contributed by atoms with Gasteiger partial charge in [-0.15, -0.1) is 0 Å². The standard InChI is InChI=1S/C8H17N3/c1-3-9-4-2-8(1)5-10-7-11-6-8/h9-11H,1-7H2. The summed E-state index contributed by atoms with van der Waals surface area (Å²) in [6, 6.07) is 0. The number of nitrogens with one attached hydrogen (secondary N) is 3. The van der Waals surface area contributed by atoms with Crippen LogP contribution in [-0.2, 0) is 0 Å². The zero-order chi connectivity index (χ0) is 7.57. The van der Waals surface area contributed by atoms with E-state index < -0.39 is 0 Å². The Morgan fingerprint density at radius 1 is 0.818 bits per heavy atom. The van der Waals surface area contributed by atoms with E-state index in [1.165, 1.54) is 39.0 Å². The second-order valence-corrected chi connectivity index (χ2v) is 3.78. The molecule has 3 heteroatoms. The van der Waals surface area contributed by atoms with E-state index in [0.29, 0.717) is 5.41 Å². The molecule has 2 saturated heterocycles. The molecule has 0 amide bonds. The van der Waals surface area contributed by atoms with Gasteiger partial charge in [-0.2, -0.15) is 0 Å². The lowest BCUT2D eigenvalue weighted by Crippen LogP contribution is -2.55. The fourth-order valence-corrected chi connectivity index (χ4v) is 2.12. The maximum absolute atomic E-state index is 3.41. The molecule has 2 heterocycles. The third kappa shape index (κ3) is 1.55. The molecule has 3 N–H and O–H groups in total. The molecule has 0 unspecified atom stereocenters. The number of hydrogen-bond acceptors (Lipinski definition) is 3. The fourth-order valence-electron chi connectivity index (χ4n) is 2.12. The maximum atomic E-state index is 3.41. The Labute approximate surface area is 67.9 Å². The van der Waals surface area contributed by atoms with Crippen molar-refractivity contribution in [2.45, 2.75) is 12.8 Å². The Balaban J connectivity index is 1.94. The van der Waals surface area contributed by atoms with Crippen LogP contribution in [0.15, 0.2) is 0 Å². The number of hydrogen-bond donors (Lipinski definition) is 3. The number of piperidine rings is 1. The first-order valence-corrected chi connectivity index (χ1v) is 4.54. The summed E-state index contributed by atoms with van der Waals surface area (Å²) in [5.41, 5.74) is 0.573. The summed E-state index contributed by atoms with van der Waals surface area (Å²) in [5.74, 6) is 0. The second kappa shape index (κ2) is 3.09. The molecular formula is C8H17N3. The van der Waals surface area contributed by atoms with E-state index in [9.17, 15) is 0 Å². The van der Waals surface area contributed by atoms with Gasteiger partial charge < -0.3 is 16.0 Å². The molecule has 0 aliphatic carbocycles. The van der Waals surface area contributed by atoms with Crippen LogP contribution < -0.4 is 16.0 Å². The van der Waals surface area contributed by atoms with Crippen LogP contribution in [0.25, 0.3) is 0 Å². The first-order valence-electron chi connectivity index (χ1n) is 4.54. The predicted octanol–water partition coefficient (Wildman–Crippen LogP) is -0.493. The summed E-state index contributed by atoms with van der Waals surface area (Å²) in [4.78, 5) is 0. The monoisotopic (exact) mass is 155 g/mol. The van der Waals surface area contributed by atoms with Crippen LogP contribution in [0.1, 0.15) is 12.8 Å². The minimum absolute atomic E-state index is 0.573. The SMILES string of the molecule is C1CC2(CCN1)CNCNC2. The molecule has 0 aromatic carbocycles. The van der Waals surface area contributed by atoms with Crippen molar-refractivity contribution >= 4 is 0 Å². The van der Waals surface area contributed by atoms with Gasteiger partial charge in [-0.1, -0.05) is 0 Å². The Hall–Kier alpha value is -0.120. The van der Waals surface area contributed by atoms with Crippen LogP contribution in [0, 0.1) is 5.41 Å². The van der Waals surface area contributed by atoms with Crippen LogP contribution >= 0.6 is 0 Å². The van der Waals surface area contributed by atoms with Crippen molar-refractivity contribution in [2.75, 3.05) is 32.8 Å². The van der Waals surface area contributed by atoms with Crippen LogP contribution in [-0.4, -0.2) is 32.8 Å². The minimum atomic E-state index is 0.573. The average Bonchev–Trinajstić information content (AvgIpc) is 2.07. The maximum Gasteiger partial charge on any atom is 0.0454 e. The summed E-state index contributed by atoms with van der Waals surface area (Å²) in [7, 11) is 0. The molecule has 3 nitrogen and oxygen atoms in total. The molecule has 2 fully saturated rings. The lowest BCUT2D eigenvalue weighted by atomic mass is 9.78. The van der Waals surface area contributed by atoms with E-state index in [4.69, 9.17) is 0 Å². The fraction of sp³-hybridized carbons (Fsp3) is 1.00. The zero-order valence-electron chi connectivity index (χ0n) is 6.95. The Morgan fingerprint density at radius 3 is 2.09 bits per heavy atom. The molecule has 2 aliphatic rings. The van der Waals surface area contributed by atoms with Gasteiger partial charge in [0.1, 0.15) is 0 Å². The van der Waals surface area contributed by atoms with Gasteiger partial charge in [0.05, 0.1) is 0 Å². The lowest BCUT2D eigenvalue weighted by molar-refractivity contribution is 0.158. The van der Waals surface area contributed by atoms with Gasteiger partial charge in [-0.25, -0.2) is 0 Å². The summed E-state index contributed by atoms with van der Waals surface area (Å²) in [6.45, 7) is 5.81. The van der Waals surface area contributed by atoms with Crippen molar-refractivity contribution in [1.29, 1.82) is 0 Å². The summed E-state index contributed by atoms with van der Waals surface area (Å²) >= 11 is 0. The van der Waals surface area contributed by atoms with Crippen LogP contribution in [0.5, 0.6) is 0 Å². The van der Waals surface area contributed by atoms with Crippen LogP contribution in [0.4, 0.5) is 0 Å². The minimum Gasteiger partial charge on any atom is -0.317 e. The molecule has 0 aromatic rings. The van der Waals surface area contributed by atoms with Gasteiger partial charge in [-0.3, -0.25) is 0 Å². The molecular weight excluding hydrogens is 138 g/mol. The van der Waals surface area contributed by atoms with E-state index in [0.717, 1.165) is 6.67 Å². The van der Waals surface area contributed by atoms with Crippen molar-refractivity contribution < 1.29 is 0 Å². The average molecular weight is 155 g/mol. The molecule has 64 valence electrons. The van der Waals surface area contributed by atoms with Crippen LogP contribution in [0.2, 0.25) is 0 Å². The van der Waals surface area contributed by atoms with Crippen LogP contribution in [0.3, 0.4) is 0 Å². The highest BCUT2D eigenvalue weighted by Gasteiger charge is 2.32. The molecule has 0 aromatic heterocycles. The normalized spacial score (nSPS) is 30.5. The number of rotatable bonds is 0. The highest BCUT2D eigenvalue weighted by atomic mass is 15.1. The molecule has 0 saturated carbocycles. The van der Waals surface area contributed by atoms with E-state index in [1.807, 2.05) is 0 Å². The first-order chi connectivity index (χ1) is 5.41. The molecule has 11 heavy (non-hydrogen) atoms.